The molecule has 110 valence electrons. The number of rotatable bonds is 5. The largest absolute Gasteiger partial charge is 0.399 e. The van der Waals surface area contributed by atoms with Crippen molar-refractivity contribution >= 4 is 33.2 Å². The fraction of sp³-hybridized carbons (Fsp3) is 0.235. The first kappa shape index (κ1) is 15.6. The molecular formula is C17H19BrN2O. The highest BCUT2D eigenvalue weighted by Crippen LogP contribution is 2.22. The molecule has 0 aliphatic heterocycles. The SMILES string of the molecule is CCCCN(C(=O)c1cc(N)cc(Br)c1)c1ccccc1. The van der Waals surface area contributed by atoms with Crippen molar-refractivity contribution in [1.82, 2.24) is 0 Å². The molecule has 2 rings (SSSR count). The Labute approximate surface area is 133 Å². The second-order valence-corrected chi connectivity index (χ2v) is 5.83. The molecule has 0 aromatic heterocycles. The topological polar surface area (TPSA) is 46.3 Å². The van der Waals surface area contributed by atoms with Crippen molar-refractivity contribution < 1.29 is 4.79 Å². The van der Waals surface area contributed by atoms with Crippen molar-refractivity contribution in [1.29, 1.82) is 0 Å². The normalized spacial score (nSPS) is 10.4. The predicted molar refractivity (Wildman–Crippen MR) is 91.6 cm³/mol. The number of carbonyl (C=O) groups excluding carboxylic acids is 1. The average Bonchev–Trinajstić information content (AvgIpc) is 2.47. The van der Waals surface area contributed by atoms with Gasteiger partial charge in [0.2, 0.25) is 0 Å². The van der Waals surface area contributed by atoms with Crippen LogP contribution in [0, 0.1) is 0 Å². The highest BCUT2D eigenvalue weighted by molar-refractivity contribution is 9.10. The molecule has 0 atom stereocenters. The second kappa shape index (κ2) is 7.27. The van der Waals surface area contributed by atoms with Crippen molar-refractivity contribution in [2.75, 3.05) is 17.2 Å². The number of hydrogen-bond acceptors (Lipinski definition) is 2. The lowest BCUT2D eigenvalue weighted by atomic mass is 10.1. The summed E-state index contributed by atoms with van der Waals surface area (Å²) in [4.78, 5) is 14.6. The van der Waals surface area contributed by atoms with E-state index >= 15 is 0 Å². The summed E-state index contributed by atoms with van der Waals surface area (Å²) in [5.74, 6) is -0.0253. The summed E-state index contributed by atoms with van der Waals surface area (Å²) in [5.41, 5.74) is 7.93. The fourth-order valence-corrected chi connectivity index (χ4v) is 2.67. The minimum absolute atomic E-state index is 0.0253. The molecular weight excluding hydrogens is 328 g/mol. The number of nitrogens with two attached hydrogens (primary N) is 1. The van der Waals surface area contributed by atoms with Crippen LogP contribution in [-0.4, -0.2) is 12.5 Å². The van der Waals surface area contributed by atoms with Gasteiger partial charge in [-0.1, -0.05) is 47.5 Å². The molecule has 0 spiro atoms. The van der Waals surface area contributed by atoms with Gasteiger partial charge in [-0.25, -0.2) is 0 Å². The third-order valence-corrected chi connectivity index (χ3v) is 3.67. The number of nitrogen functional groups attached to an aromatic ring is 1. The number of amides is 1. The zero-order valence-corrected chi connectivity index (χ0v) is 13.6. The zero-order chi connectivity index (χ0) is 15.2. The van der Waals surface area contributed by atoms with Crippen LogP contribution in [0.1, 0.15) is 30.1 Å². The Kier molecular flexibility index (Phi) is 5.39. The Morgan fingerprint density at radius 2 is 1.90 bits per heavy atom. The van der Waals surface area contributed by atoms with E-state index in [0.29, 0.717) is 17.8 Å². The lowest BCUT2D eigenvalue weighted by Gasteiger charge is -2.23. The number of unbranched alkanes of at least 4 members (excludes halogenated alkanes) is 1. The minimum Gasteiger partial charge on any atom is -0.399 e. The van der Waals surface area contributed by atoms with Gasteiger partial charge in [0, 0.05) is 28.0 Å². The van der Waals surface area contributed by atoms with E-state index in [2.05, 4.69) is 22.9 Å². The van der Waals surface area contributed by atoms with Crippen LogP contribution in [0.25, 0.3) is 0 Å². The molecule has 0 saturated carbocycles. The van der Waals surface area contributed by atoms with Crippen LogP contribution < -0.4 is 10.6 Å². The Morgan fingerprint density at radius 1 is 1.19 bits per heavy atom. The van der Waals surface area contributed by atoms with E-state index in [9.17, 15) is 4.79 Å². The molecule has 21 heavy (non-hydrogen) atoms. The van der Waals surface area contributed by atoms with Crippen LogP contribution in [-0.2, 0) is 0 Å². The molecule has 0 aliphatic carbocycles. The number of hydrogen-bond donors (Lipinski definition) is 1. The molecule has 0 bridgehead atoms. The molecule has 0 aliphatic rings. The maximum Gasteiger partial charge on any atom is 0.258 e. The molecule has 2 aromatic rings. The van der Waals surface area contributed by atoms with E-state index in [1.54, 1.807) is 18.2 Å². The number of halogens is 1. The van der Waals surface area contributed by atoms with Crippen molar-refractivity contribution in [3.8, 4) is 0 Å². The van der Waals surface area contributed by atoms with Gasteiger partial charge in [0.25, 0.3) is 5.91 Å². The van der Waals surface area contributed by atoms with Crippen molar-refractivity contribution in [2.24, 2.45) is 0 Å². The quantitative estimate of drug-likeness (QED) is 0.811. The highest BCUT2D eigenvalue weighted by Gasteiger charge is 2.17. The van der Waals surface area contributed by atoms with Gasteiger partial charge >= 0.3 is 0 Å². The number of anilines is 2. The summed E-state index contributed by atoms with van der Waals surface area (Å²) >= 11 is 3.39. The standard InChI is InChI=1S/C17H19BrN2O/c1-2-3-9-20(16-7-5-4-6-8-16)17(21)13-10-14(18)12-15(19)11-13/h4-8,10-12H,2-3,9,19H2,1H3. The molecule has 2 N–H and O–H groups in total. The van der Waals surface area contributed by atoms with E-state index < -0.39 is 0 Å². The van der Waals surface area contributed by atoms with E-state index in [0.717, 1.165) is 23.0 Å². The summed E-state index contributed by atoms with van der Waals surface area (Å²) in [5, 5.41) is 0. The maximum atomic E-state index is 12.8. The van der Waals surface area contributed by atoms with E-state index in [-0.39, 0.29) is 5.91 Å². The van der Waals surface area contributed by atoms with Crippen molar-refractivity contribution in [2.45, 2.75) is 19.8 Å². The lowest BCUT2D eigenvalue weighted by Crippen LogP contribution is -2.32. The van der Waals surface area contributed by atoms with E-state index in [4.69, 9.17) is 5.73 Å². The molecule has 1 amide bonds. The predicted octanol–water partition coefficient (Wildman–Crippen LogP) is 4.48. The van der Waals surface area contributed by atoms with Crippen molar-refractivity contribution in [3.63, 3.8) is 0 Å². The molecule has 0 saturated heterocycles. The van der Waals surface area contributed by atoms with E-state index in [1.165, 1.54) is 0 Å². The fourth-order valence-electron chi connectivity index (χ4n) is 2.16. The number of benzene rings is 2. The molecule has 0 radical (unpaired) electrons. The van der Waals surface area contributed by atoms with Crippen LogP contribution in [0.3, 0.4) is 0 Å². The lowest BCUT2D eigenvalue weighted by molar-refractivity contribution is 0.0986. The van der Waals surface area contributed by atoms with Crippen molar-refractivity contribution in [3.05, 3.63) is 58.6 Å². The van der Waals surface area contributed by atoms with Gasteiger partial charge < -0.3 is 10.6 Å². The van der Waals surface area contributed by atoms with Crippen LogP contribution in [0.5, 0.6) is 0 Å². The van der Waals surface area contributed by atoms with Gasteiger partial charge in [0.05, 0.1) is 0 Å². The number of para-hydroxylation sites is 1. The maximum absolute atomic E-state index is 12.8. The molecule has 2 aromatic carbocycles. The molecule has 0 heterocycles. The summed E-state index contributed by atoms with van der Waals surface area (Å²) in [6.45, 7) is 2.82. The summed E-state index contributed by atoms with van der Waals surface area (Å²) < 4.78 is 0.814. The Bertz CT molecular complexity index is 593. The zero-order valence-electron chi connectivity index (χ0n) is 12.1. The highest BCUT2D eigenvalue weighted by atomic mass is 79.9. The number of nitrogens with zero attached hydrogens (tertiary/aromatic N) is 1. The van der Waals surface area contributed by atoms with Crippen LogP contribution in [0.2, 0.25) is 0 Å². The smallest absolute Gasteiger partial charge is 0.258 e. The Morgan fingerprint density at radius 3 is 2.52 bits per heavy atom. The average molecular weight is 347 g/mol. The monoisotopic (exact) mass is 346 g/mol. The minimum atomic E-state index is -0.0253. The molecule has 0 unspecified atom stereocenters. The third-order valence-electron chi connectivity index (χ3n) is 3.22. The van der Waals surface area contributed by atoms with Gasteiger partial charge in [-0.15, -0.1) is 0 Å². The first-order valence-corrected chi connectivity index (χ1v) is 7.84. The Balaban J connectivity index is 2.33. The van der Waals surface area contributed by atoms with E-state index in [1.807, 2.05) is 35.2 Å². The Hall–Kier alpha value is -1.81. The van der Waals surface area contributed by atoms with Gasteiger partial charge in [0.15, 0.2) is 0 Å². The summed E-state index contributed by atoms with van der Waals surface area (Å²) in [6.07, 6.45) is 2.00. The van der Waals surface area contributed by atoms with Gasteiger partial charge in [-0.05, 0) is 36.8 Å². The van der Waals surface area contributed by atoms with Gasteiger partial charge in [0.1, 0.15) is 0 Å². The third kappa shape index (κ3) is 4.08. The van der Waals surface area contributed by atoms with Gasteiger partial charge in [-0.3, -0.25) is 4.79 Å². The summed E-state index contributed by atoms with van der Waals surface area (Å²) in [6, 6.07) is 15.0. The molecule has 3 nitrogen and oxygen atoms in total. The van der Waals surface area contributed by atoms with Crippen LogP contribution in [0.15, 0.2) is 53.0 Å². The van der Waals surface area contributed by atoms with Gasteiger partial charge in [-0.2, -0.15) is 0 Å². The first-order valence-electron chi connectivity index (χ1n) is 7.05. The number of carbonyl (C=O) groups is 1. The van der Waals surface area contributed by atoms with Crippen LogP contribution in [0.4, 0.5) is 11.4 Å². The first-order chi connectivity index (χ1) is 10.1. The van der Waals surface area contributed by atoms with Crippen LogP contribution >= 0.6 is 15.9 Å². The summed E-state index contributed by atoms with van der Waals surface area (Å²) in [7, 11) is 0. The second-order valence-electron chi connectivity index (χ2n) is 4.92. The molecule has 0 fully saturated rings. The molecule has 4 heteroatoms.